The first-order chi connectivity index (χ1) is 10.1. The van der Waals surface area contributed by atoms with Gasteiger partial charge in [-0.2, -0.15) is 0 Å². The Morgan fingerprint density at radius 3 is 2.62 bits per heavy atom. The van der Waals surface area contributed by atoms with Gasteiger partial charge in [-0.15, -0.1) is 11.3 Å². The summed E-state index contributed by atoms with van der Waals surface area (Å²) in [6.07, 6.45) is 0. The van der Waals surface area contributed by atoms with Crippen molar-refractivity contribution in [1.82, 2.24) is 5.32 Å². The molecule has 0 saturated carbocycles. The minimum absolute atomic E-state index is 0.104. The third-order valence-corrected chi connectivity index (χ3v) is 3.88. The molecule has 6 heteroatoms. The molecule has 5 nitrogen and oxygen atoms in total. The molecule has 1 aromatic carbocycles. The van der Waals surface area contributed by atoms with Crippen molar-refractivity contribution in [2.75, 3.05) is 12.3 Å². The van der Waals surface area contributed by atoms with E-state index in [1.165, 1.54) is 0 Å². The molecule has 110 valence electrons. The number of ether oxygens (including phenoxy) is 1. The zero-order valence-electron chi connectivity index (χ0n) is 11.5. The number of anilines is 1. The minimum Gasteiger partial charge on any atom is -0.452 e. The largest absolute Gasteiger partial charge is 0.452 e. The molecular weight excluding hydrogens is 288 g/mol. The molecule has 0 bridgehead atoms. The Kier molecular flexibility index (Phi) is 4.94. The van der Waals surface area contributed by atoms with Crippen molar-refractivity contribution in [3.8, 4) is 0 Å². The lowest BCUT2D eigenvalue weighted by molar-refractivity contribution is -0.124. The second-order valence-electron chi connectivity index (χ2n) is 4.50. The highest BCUT2D eigenvalue weighted by atomic mass is 32.1. The van der Waals surface area contributed by atoms with Crippen LogP contribution in [0.25, 0.3) is 0 Å². The van der Waals surface area contributed by atoms with Crippen LogP contribution in [0.3, 0.4) is 0 Å². The summed E-state index contributed by atoms with van der Waals surface area (Å²) >= 11 is 1.56. The number of nitrogens with two attached hydrogens (primary N) is 1. The number of benzene rings is 1. The molecule has 0 fully saturated rings. The van der Waals surface area contributed by atoms with Gasteiger partial charge in [-0.1, -0.05) is 6.07 Å². The summed E-state index contributed by atoms with van der Waals surface area (Å²) in [7, 11) is 0. The van der Waals surface area contributed by atoms with Crippen LogP contribution < -0.4 is 11.1 Å². The zero-order chi connectivity index (χ0) is 15.2. The number of carbonyl (C=O) groups is 2. The first-order valence-corrected chi connectivity index (χ1v) is 7.29. The Hall–Kier alpha value is -2.34. The summed E-state index contributed by atoms with van der Waals surface area (Å²) in [5.74, 6) is -0.881. The third-order valence-electron chi connectivity index (χ3n) is 2.83. The van der Waals surface area contributed by atoms with E-state index in [1.807, 2.05) is 24.4 Å². The molecule has 0 aliphatic rings. The molecule has 2 aromatic rings. The monoisotopic (exact) mass is 304 g/mol. The lowest BCUT2D eigenvalue weighted by Gasteiger charge is -2.12. The molecule has 0 spiro atoms. The lowest BCUT2D eigenvalue weighted by Crippen LogP contribution is -2.30. The summed E-state index contributed by atoms with van der Waals surface area (Å²) < 4.78 is 4.96. The van der Waals surface area contributed by atoms with Gasteiger partial charge in [0, 0.05) is 10.6 Å². The van der Waals surface area contributed by atoms with Gasteiger partial charge in [0.1, 0.15) is 0 Å². The van der Waals surface area contributed by atoms with Crippen molar-refractivity contribution in [1.29, 1.82) is 0 Å². The highest BCUT2D eigenvalue weighted by Crippen LogP contribution is 2.17. The molecule has 1 atom stereocenters. The molecular formula is C15H16N2O3S. The van der Waals surface area contributed by atoms with Gasteiger partial charge < -0.3 is 15.8 Å². The fourth-order valence-corrected chi connectivity index (χ4v) is 2.46. The molecule has 1 amide bonds. The van der Waals surface area contributed by atoms with Gasteiger partial charge in [0.25, 0.3) is 5.91 Å². The third kappa shape index (κ3) is 4.32. The van der Waals surface area contributed by atoms with Crippen molar-refractivity contribution in [3.05, 3.63) is 52.2 Å². The number of esters is 1. The highest BCUT2D eigenvalue weighted by Gasteiger charge is 2.13. The number of nitrogen functional groups attached to an aromatic ring is 1. The van der Waals surface area contributed by atoms with Crippen molar-refractivity contribution in [2.24, 2.45) is 0 Å². The summed E-state index contributed by atoms with van der Waals surface area (Å²) in [6, 6.07) is 10.1. The predicted octanol–water partition coefficient (Wildman–Crippen LogP) is 2.36. The van der Waals surface area contributed by atoms with Crippen LogP contribution in [0.2, 0.25) is 0 Å². The standard InChI is InChI=1S/C15H16N2O3S/c1-10(13-3-2-8-21-13)17-14(18)9-20-15(19)11-4-6-12(16)7-5-11/h2-8,10H,9,16H2,1H3,(H,17,18)/t10-/m1/s1. The molecule has 0 radical (unpaired) electrons. The van der Waals surface area contributed by atoms with Crippen LogP contribution in [0.1, 0.15) is 28.2 Å². The summed E-state index contributed by atoms with van der Waals surface area (Å²) in [6.45, 7) is 1.57. The molecule has 21 heavy (non-hydrogen) atoms. The second kappa shape index (κ2) is 6.90. The molecule has 3 N–H and O–H groups in total. The average molecular weight is 304 g/mol. The van der Waals surface area contributed by atoms with Crippen LogP contribution in [0.4, 0.5) is 5.69 Å². The molecule has 0 saturated heterocycles. The van der Waals surface area contributed by atoms with E-state index in [1.54, 1.807) is 35.6 Å². The molecule has 1 aromatic heterocycles. The fourth-order valence-electron chi connectivity index (χ4n) is 1.73. The van der Waals surface area contributed by atoms with Crippen molar-refractivity contribution >= 4 is 28.9 Å². The Morgan fingerprint density at radius 1 is 1.29 bits per heavy atom. The predicted molar refractivity (Wildman–Crippen MR) is 82.0 cm³/mol. The number of hydrogen-bond donors (Lipinski definition) is 2. The van der Waals surface area contributed by atoms with Gasteiger partial charge in [0.15, 0.2) is 6.61 Å². The van der Waals surface area contributed by atoms with Gasteiger partial charge in [-0.05, 0) is 42.6 Å². The van der Waals surface area contributed by atoms with E-state index >= 15 is 0 Å². The van der Waals surface area contributed by atoms with Crippen LogP contribution in [0, 0.1) is 0 Å². The van der Waals surface area contributed by atoms with Gasteiger partial charge in [-0.25, -0.2) is 4.79 Å². The molecule has 0 aliphatic carbocycles. The van der Waals surface area contributed by atoms with E-state index in [0.29, 0.717) is 11.3 Å². The number of nitrogens with one attached hydrogen (secondary N) is 1. The van der Waals surface area contributed by atoms with Crippen LogP contribution in [0.15, 0.2) is 41.8 Å². The van der Waals surface area contributed by atoms with E-state index in [-0.39, 0.29) is 18.6 Å². The maximum atomic E-state index is 11.7. The molecule has 0 unspecified atom stereocenters. The number of amides is 1. The first kappa shape index (κ1) is 15.1. The molecule has 0 aliphatic heterocycles. The Labute approximate surface area is 126 Å². The smallest absolute Gasteiger partial charge is 0.338 e. The number of carbonyl (C=O) groups excluding carboxylic acids is 2. The van der Waals surface area contributed by atoms with Crippen molar-refractivity contribution < 1.29 is 14.3 Å². The van der Waals surface area contributed by atoms with Crippen LogP contribution in [0.5, 0.6) is 0 Å². The topological polar surface area (TPSA) is 81.4 Å². The second-order valence-corrected chi connectivity index (χ2v) is 5.48. The minimum atomic E-state index is -0.547. The fraction of sp³-hybridized carbons (Fsp3) is 0.200. The Morgan fingerprint density at radius 2 is 2.00 bits per heavy atom. The van der Waals surface area contributed by atoms with E-state index < -0.39 is 5.97 Å². The summed E-state index contributed by atoms with van der Waals surface area (Å²) in [5.41, 5.74) is 6.46. The van der Waals surface area contributed by atoms with E-state index in [2.05, 4.69) is 5.32 Å². The quantitative estimate of drug-likeness (QED) is 0.656. The first-order valence-electron chi connectivity index (χ1n) is 6.41. The number of rotatable bonds is 5. The Bertz CT molecular complexity index is 608. The maximum Gasteiger partial charge on any atom is 0.338 e. The van der Waals surface area contributed by atoms with Gasteiger partial charge in [-0.3, -0.25) is 4.79 Å². The van der Waals surface area contributed by atoms with Gasteiger partial charge in [0.2, 0.25) is 0 Å². The molecule has 2 rings (SSSR count). The van der Waals surface area contributed by atoms with Crippen LogP contribution >= 0.6 is 11.3 Å². The summed E-state index contributed by atoms with van der Waals surface area (Å²) in [5, 5.41) is 4.72. The zero-order valence-corrected chi connectivity index (χ0v) is 12.4. The SMILES string of the molecule is C[C@@H](NC(=O)COC(=O)c1ccc(N)cc1)c1cccs1. The van der Waals surface area contributed by atoms with Crippen molar-refractivity contribution in [2.45, 2.75) is 13.0 Å². The van der Waals surface area contributed by atoms with E-state index in [0.717, 1.165) is 4.88 Å². The lowest BCUT2D eigenvalue weighted by atomic mass is 10.2. The summed E-state index contributed by atoms with van der Waals surface area (Å²) in [4.78, 5) is 24.5. The van der Waals surface area contributed by atoms with E-state index in [9.17, 15) is 9.59 Å². The average Bonchev–Trinajstić information content (AvgIpc) is 3.00. The Balaban J connectivity index is 1.81. The van der Waals surface area contributed by atoms with Gasteiger partial charge in [0.05, 0.1) is 11.6 Å². The number of hydrogen-bond acceptors (Lipinski definition) is 5. The van der Waals surface area contributed by atoms with Crippen molar-refractivity contribution in [3.63, 3.8) is 0 Å². The normalized spacial score (nSPS) is 11.7. The molecule has 1 heterocycles. The van der Waals surface area contributed by atoms with E-state index in [4.69, 9.17) is 10.5 Å². The number of thiophene rings is 1. The highest BCUT2D eigenvalue weighted by molar-refractivity contribution is 7.10. The maximum absolute atomic E-state index is 11.7. The van der Waals surface area contributed by atoms with Crippen LogP contribution in [-0.2, 0) is 9.53 Å². The van der Waals surface area contributed by atoms with Crippen LogP contribution in [-0.4, -0.2) is 18.5 Å². The van der Waals surface area contributed by atoms with Gasteiger partial charge >= 0.3 is 5.97 Å².